The van der Waals surface area contributed by atoms with Gasteiger partial charge in [-0.3, -0.25) is 9.59 Å². The fraction of sp³-hybridized carbons (Fsp3) is 0.562. The highest BCUT2D eigenvalue weighted by molar-refractivity contribution is 9.10. The Morgan fingerprint density at radius 3 is 2.29 bits per heavy atom. The van der Waals surface area contributed by atoms with Gasteiger partial charge >= 0.3 is 0 Å². The van der Waals surface area contributed by atoms with Crippen molar-refractivity contribution in [2.45, 2.75) is 57.4 Å². The molecule has 0 N–H and O–H groups in total. The topological polar surface area (TPSA) is 43.9 Å². The van der Waals surface area contributed by atoms with Crippen LogP contribution in [0.2, 0.25) is 0 Å². The number of nitrogens with zero attached hydrogens (tertiary/aromatic N) is 3. The van der Waals surface area contributed by atoms with E-state index in [1.54, 1.807) is 0 Å². The lowest BCUT2D eigenvalue weighted by atomic mass is 9.76. The third kappa shape index (κ3) is 5.31. The Balaban J connectivity index is 1.08. The number of halogens is 1. The molecule has 5 nitrogen and oxygen atoms in total. The number of likely N-dealkylation sites (tertiary alicyclic amines) is 3. The van der Waals surface area contributed by atoms with Gasteiger partial charge in [0.05, 0.1) is 5.41 Å². The summed E-state index contributed by atoms with van der Waals surface area (Å²) in [6.45, 7) is 6.27. The summed E-state index contributed by atoms with van der Waals surface area (Å²) in [5.41, 5.74) is 2.38. The number of carbonyl (C=O) groups is 2. The number of piperidine rings is 1. The summed E-state index contributed by atoms with van der Waals surface area (Å²) in [6, 6.07) is 19.1. The van der Waals surface area contributed by atoms with E-state index in [1.807, 2.05) is 0 Å². The zero-order valence-corrected chi connectivity index (χ0v) is 23.9. The van der Waals surface area contributed by atoms with Crippen molar-refractivity contribution in [1.29, 1.82) is 0 Å². The van der Waals surface area contributed by atoms with Crippen LogP contribution >= 0.6 is 15.9 Å². The van der Waals surface area contributed by atoms with Gasteiger partial charge in [0.15, 0.2) is 0 Å². The number of amides is 2. The fourth-order valence-electron chi connectivity index (χ4n) is 7.56. The highest BCUT2D eigenvalue weighted by atomic mass is 79.9. The predicted octanol–water partition coefficient (Wildman–Crippen LogP) is 5.70. The largest absolute Gasteiger partial charge is 0.341 e. The van der Waals surface area contributed by atoms with E-state index in [9.17, 15) is 9.59 Å². The fourth-order valence-corrected chi connectivity index (χ4v) is 7.82. The maximum absolute atomic E-state index is 13.5. The van der Waals surface area contributed by atoms with Gasteiger partial charge in [0.25, 0.3) is 0 Å². The first kappa shape index (κ1) is 26.1. The Bertz CT molecular complexity index is 1120. The van der Waals surface area contributed by atoms with Crippen molar-refractivity contribution in [1.82, 2.24) is 14.7 Å². The van der Waals surface area contributed by atoms with Crippen molar-refractivity contribution in [3.8, 4) is 0 Å². The van der Waals surface area contributed by atoms with Crippen molar-refractivity contribution in [2.75, 3.05) is 39.3 Å². The van der Waals surface area contributed by atoms with E-state index < -0.39 is 0 Å². The van der Waals surface area contributed by atoms with E-state index in [0.717, 1.165) is 75.8 Å². The molecule has 1 aliphatic carbocycles. The quantitative estimate of drug-likeness (QED) is 0.442. The zero-order chi connectivity index (χ0) is 26.1. The van der Waals surface area contributed by atoms with Gasteiger partial charge in [-0.25, -0.2) is 0 Å². The molecule has 0 unspecified atom stereocenters. The summed E-state index contributed by atoms with van der Waals surface area (Å²) >= 11 is 3.50. The number of carbonyl (C=O) groups excluding carboxylic acids is 2. The Kier molecular flexibility index (Phi) is 7.63. The summed E-state index contributed by atoms with van der Waals surface area (Å²) in [6.07, 6.45) is 7.42. The van der Waals surface area contributed by atoms with Crippen LogP contribution in [-0.4, -0.2) is 65.8 Å². The van der Waals surface area contributed by atoms with E-state index >= 15 is 0 Å². The maximum Gasteiger partial charge on any atom is 0.229 e. The van der Waals surface area contributed by atoms with E-state index in [2.05, 4.69) is 85.2 Å². The standard InChI is InChI=1S/C32H40BrN3O2/c33-28-12-10-24(11-13-28)20-35-19-16-32(31(35)38)14-17-34(18-15-32)21-27-22-36(30(37)26-8-4-5-9-26)23-29(27)25-6-2-1-3-7-25/h1-3,6-7,10-13,26-27,29H,4-5,8-9,14-23H2/t27-,29+/m0/s1. The van der Waals surface area contributed by atoms with E-state index in [4.69, 9.17) is 0 Å². The first-order valence-corrected chi connectivity index (χ1v) is 15.4. The maximum atomic E-state index is 13.5. The minimum absolute atomic E-state index is 0.176. The number of hydrogen-bond acceptors (Lipinski definition) is 3. The molecular formula is C32H40BrN3O2. The molecule has 1 saturated carbocycles. The molecule has 3 heterocycles. The van der Waals surface area contributed by atoms with Crippen LogP contribution in [0.3, 0.4) is 0 Å². The number of hydrogen-bond donors (Lipinski definition) is 0. The predicted molar refractivity (Wildman–Crippen MR) is 153 cm³/mol. The minimum Gasteiger partial charge on any atom is -0.341 e. The lowest BCUT2D eigenvalue weighted by Crippen LogP contribution is -2.46. The van der Waals surface area contributed by atoms with Crippen LogP contribution in [0.25, 0.3) is 0 Å². The van der Waals surface area contributed by atoms with E-state index in [-0.39, 0.29) is 11.3 Å². The smallest absolute Gasteiger partial charge is 0.229 e. The van der Waals surface area contributed by atoms with Gasteiger partial charge in [-0.1, -0.05) is 71.2 Å². The second kappa shape index (κ2) is 11.1. The lowest BCUT2D eigenvalue weighted by Gasteiger charge is -2.39. The molecule has 1 spiro atoms. The highest BCUT2D eigenvalue weighted by Crippen LogP contribution is 2.43. The molecule has 2 aromatic rings. The summed E-state index contributed by atoms with van der Waals surface area (Å²) in [5.74, 6) is 1.84. The van der Waals surface area contributed by atoms with Crippen molar-refractivity contribution in [3.63, 3.8) is 0 Å². The Morgan fingerprint density at radius 2 is 1.58 bits per heavy atom. The Labute approximate surface area is 235 Å². The van der Waals surface area contributed by atoms with Crippen molar-refractivity contribution in [3.05, 3.63) is 70.2 Å². The monoisotopic (exact) mass is 577 g/mol. The molecule has 38 heavy (non-hydrogen) atoms. The van der Waals surface area contributed by atoms with Crippen LogP contribution in [0, 0.1) is 17.3 Å². The molecule has 4 aliphatic rings. The van der Waals surface area contributed by atoms with Crippen LogP contribution in [0.4, 0.5) is 0 Å². The van der Waals surface area contributed by atoms with Gasteiger partial charge in [-0.2, -0.15) is 0 Å². The molecule has 0 radical (unpaired) electrons. The van der Waals surface area contributed by atoms with Gasteiger partial charge in [0.1, 0.15) is 0 Å². The van der Waals surface area contributed by atoms with Crippen molar-refractivity contribution < 1.29 is 9.59 Å². The SMILES string of the molecule is O=C(C1CCCC1)N1C[C@H](CN2CCC3(CC2)CCN(Cc2ccc(Br)cc2)C3=O)[C@@H](c2ccccc2)C1. The van der Waals surface area contributed by atoms with Crippen LogP contribution in [-0.2, 0) is 16.1 Å². The molecule has 2 aromatic carbocycles. The normalized spacial score (nSPS) is 26.1. The lowest BCUT2D eigenvalue weighted by molar-refractivity contribution is -0.139. The first-order chi connectivity index (χ1) is 18.5. The highest BCUT2D eigenvalue weighted by Gasteiger charge is 2.48. The first-order valence-electron chi connectivity index (χ1n) is 14.6. The molecule has 4 fully saturated rings. The summed E-state index contributed by atoms with van der Waals surface area (Å²) < 4.78 is 1.07. The van der Waals surface area contributed by atoms with Gasteiger partial charge in [-0.05, 0) is 74.4 Å². The van der Waals surface area contributed by atoms with Gasteiger partial charge < -0.3 is 14.7 Å². The third-order valence-corrected chi connectivity index (χ3v) is 10.4. The molecule has 3 aliphatic heterocycles. The van der Waals surface area contributed by atoms with Crippen LogP contribution in [0.1, 0.15) is 62.0 Å². The summed E-state index contributed by atoms with van der Waals surface area (Å²) in [7, 11) is 0. The molecule has 6 rings (SSSR count). The molecule has 202 valence electrons. The average molecular weight is 579 g/mol. The third-order valence-electron chi connectivity index (χ3n) is 9.88. The number of benzene rings is 2. The molecule has 2 atom stereocenters. The Morgan fingerprint density at radius 1 is 0.895 bits per heavy atom. The van der Waals surface area contributed by atoms with Crippen LogP contribution in [0.5, 0.6) is 0 Å². The second-order valence-corrected chi connectivity index (χ2v) is 13.1. The average Bonchev–Trinajstić information content (AvgIpc) is 3.69. The molecule has 0 aromatic heterocycles. The van der Waals surface area contributed by atoms with E-state index in [1.165, 1.54) is 24.0 Å². The van der Waals surface area contributed by atoms with Gasteiger partial charge in [0, 0.05) is 49.0 Å². The molecular weight excluding hydrogens is 538 g/mol. The van der Waals surface area contributed by atoms with Crippen molar-refractivity contribution >= 4 is 27.7 Å². The summed E-state index contributed by atoms with van der Waals surface area (Å²) in [4.78, 5) is 33.7. The molecule has 2 amide bonds. The van der Waals surface area contributed by atoms with Crippen LogP contribution < -0.4 is 0 Å². The minimum atomic E-state index is -0.176. The second-order valence-electron chi connectivity index (χ2n) is 12.2. The Hall–Kier alpha value is -2.18. The van der Waals surface area contributed by atoms with Crippen LogP contribution in [0.15, 0.2) is 59.1 Å². The van der Waals surface area contributed by atoms with E-state index in [0.29, 0.717) is 30.2 Å². The molecule has 0 bridgehead atoms. The summed E-state index contributed by atoms with van der Waals surface area (Å²) in [5, 5.41) is 0. The molecule has 3 saturated heterocycles. The van der Waals surface area contributed by atoms with Crippen molar-refractivity contribution in [2.24, 2.45) is 17.3 Å². The zero-order valence-electron chi connectivity index (χ0n) is 22.4. The van der Waals surface area contributed by atoms with Gasteiger partial charge in [0.2, 0.25) is 11.8 Å². The van der Waals surface area contributed by atoms with Gasteiger partial charge in [-0.15, -0.1) is 0 Å². The number of rotatable bonds is 6. The molecule has 6 heteroatoms.